The van der Waals surface area contributed by atoms with Crippen LogP contribution in [-0.2, 0) is 32.4 Å². The molecule has 4 aliphatic heterocycles. The van der Waals surface area contributed by atoms with Gasteiger partial charge in [0.15, 0.2) is 0 Å². The topological polar surface area (TPSA) is 110 Å². The van der Waals surface area contributed by atoms with E-state index < -0.39 is 21.9 Å². The molecule has 5 aliphatic rings. The summed E-state index contributed by atoms with van der Waals surface area (Å²) in [6, 6.07) is 10.9. The van der Waals surface area contributed by atoms with Gasteiger partial charge in [0.05, 0.1) is 49.4 Å². The van der Waals surface area contributed by atoms with E-state index in [-0.39, 0.29) is 29.9 Å². The summed E-state index contributed by atoms with van der Waals surface area (Å²) in [4.78, 5) is 31.5. The van der Waals surface area contributed by atoms with Gasteiger partial charge in [-0.1, -0.05) is 36.7 Å². The second-order valence-electron chi connectivity index (χ2n) is 14.4. The Bertz CT molecular complexity index is 1710. The Morgan fingerprint density at radius 1 is 1.10 bits per heavy atom. The number of anilines is 1. The molecule has 2 aromatic carbocycles. The molecule has 0 aromatic heterocycles. The summed E-state index contributed by atoms with van der Waals surface area (Å²) >= 11 is 6.46. The van der Waals surface area contributed by atoms with E-state index in [0.717, 1.165) is 55.8 Å². The average molecular weight is 711 g/mol. The molecule has 7 atom stereocenters. The monoisotopic (exact) mass is 710 g/mol. The van der Waals surface area contributed by atoms with Gasteiger partial charge in [-0.05, 0) is 104 Å². The van der Waals surface area contributed by atoms with Crippen LogP contribution >= 0.6 is 11.6 Å². The summed E-state index contributed by atoms with van der Waals surface area (Å²) in [7, 11) is -1.72. The van der Waals surface area contributed by atoms with Crippen LogP contribution < -0.4 is 14.4 Å². The van der Waals surface area contributed by atoms with Gasteiger partial charge in [0.25, 0.3) is 5.91 Å². The number of allylic oxidation sites excluding steroid dienone is 1. The lowest BCUT2D eigenvalue weighted by atomic mass is 9.70. The summed E-state index contributed by atoms with van der Waals surface area (Å²) < 4.78 is 39.5. The van der Waals surface area contributed by atoms with Crippen LogP contribution in [0.3, 0.4) is 0 Å². The molecule has 4 heterocycles. The van der Waals surface area contributed by atoms with Crippen LogP contribution in [0.4, 0.5) is 10.5 Å². The van der Waals surface area contributed by atoms with E-state index in [1.54, 1.807) is 18.1 Å². The first-order chi connectivity index (χ1) is 23.7. The molecule has 10 nitrogen and oxygen atoms in total. The zero-order chi connectivity index (χ0) is 34.1. The lowest BCUT2D eigenvalue weighted by Crippen LogP contribution is -2.68. The Hall–Kier alpha value is -3.12. The zero-order valence-electron chi connectivity index (χ0n) is 28.4. The van der Waals surface area contributed by atoms with Crippen LogP contribution in [0.2, 0.25) is 5.02 Å². The number of methoxy groups -OCH3 is 1. The molecule has 1 N–H and O–H groups in total. The van der Waals surface area contributed by atoms with E-state index in [9.17, 15) is 13.8 Å². The van der Waals surface area contributed by atoms with Crippen molar-refractivity contribution in [3.63, 3.8) is 0 Å². The molecule has 49 heavy (non-hydrogen) atoms. The van der Waals surface area contributed by atoms with Crippen molar-refractivity contribution >= 4 is 39.1 Å². The average Bonchev–Trinajstić information content (AvgIpc) is 3.08. The van der Waals surface area contributed by atoms with Gasteiger partial charge in [-0.25, -0.2) is 9.00 Å². The Kier molecular flexibility index (Phi) is 10.2. The van der Waals surface area contributed by atoms with Crippen LogP contribution in [0.25, 0.3) is 0 Å². The van der Waals surface area contributed by atoms with E-state index in [1.165, 1.54) is 11.1 Å². The van der Waals surface area contributed by atoms with Crippen LogP contribution in [0.1, 0.15) is 66.9 Å². The number of nitrogens with zero attached hydrogens (tertiary/aromatic N) is 3. The van der Waals surface area contributed by atoms with Gasteiger partial charge in [-0.2, -0.15) is 0 Å². The highest BCUT2D eigenvalue weighted by atomic mass is 35.5. The van der Waals surface area contributed by atoms with Crippen molar-refractivity contribution in [2.75, 3.05) is 44.1 Å². The van der Waals surface area contributed by atoms with Crippen molar-refractivity contribution in [3.8, 4) is 5.75 Å². The smallest absolute Gasteiger partial charge is 0.330 e. The maximum absolute atomic E-state index is 14.5. The Morgan fingerprint density at radius 3 is 2.69 bits per heavy atom. The number of rotatable bonds is 2. The first-order valence-electron chi connectivity index (χ1n) is 17.6. The summed E-state index contributed by atoms with van der Waals surface area (Å²) in [5.74, 6) is 0.698. The molecule has 12 heteroatoms. The lowest BCUT2D eigenvalue weighted by molar-refractivity contribution is -0.0985. The van der Waals surface area contributed by atoms with Gasteiger partial charge in [-0.15, -0.1) is 4.36 Å². The second kappa shape index (κ2) is 14.6. The molecule has 1 saturated carbocycles. The largest absolute Gasteiger partial charge is 0.491 e. The van der Waals surface area contributed by atoms with Crippen LogP contribution in [0.5, 0.6) is 5.75 Å². The number of carbonyl (C=O) groups is 2. The number of fused-ring (bicyclic) bond motifs is 5. The van der Waals surface area contributed by atoms with Gasteiger partial charge in [0, 0.05) is 30.8 Å². The quantitative estimate of drug-likeness (QED) is 0.359. The van der Waals surface area contributed by atoms with E-state index in [1.807, 2.05) is 25.1 Å². The van der Waals surface area contributed by atoms with Crippen molar-refractivity contribution in [1.29, 1.82) is 0 Å². The molecule has 2 aromatic rings. The molecule has 1 aliphatic carbocycles. The number of morpholine rings is 1. The van der Waals surface area contributed by atoms with E-state index in [2.05, 4.69) is 38.3 Å². The first-order valence-corrected chi connectivity index (χ1v) is 19.7. The molecule has 7 rings (SSSR count). The van der Waals surface area contributed by atoms with Gasteiger partial charge in [0.1, 0.15) is 15.7 Å². The molecule has 2 unspecified atom stereocenters. The van der Waals surface area contributed by atoms with Crippen molar-refractivity contribution in [3.05, 3.63) is 70.3 Å². The Labute approximate surface area is 294 Å². The molecule has 2 saturated heterocycles. The molecule has 0 radical (unpaired) electrons. The van der Waals surface area contributed by atoms with Gasteiger partial charge in [-0.3, -0.25) is 9.52 Å². The lowest BCUT2D eigenvalue weighted by Gasteiger charge is -2.51. The minimum absolute atomic E-state index is 0.0394. The van der Waals surface area contributed by atoms with Crippen molar-refractivity contribution in [2.24, 2.45) is 22.1 Å². The summed E-state index contributed by atoms with van der Waals surface area (Å²) in [5, 5.41) is 0.720. The maximum atomic E-state index is 14.5. The molecule has 3 fully saturated rings. The number of halogens is 1. The highest BCUT2D eigenvalue weighted by Gasteiger charge is 2.46. The fourth-order valence-electron chi connectivity index (χ4n) is 8.03. The van der Waals surface area contributed by atoms with E-state index >= 15 is 0 Å². The fourth-order valence-corrected chi connectivity index (χ4v) is 10.1. The molecule has 3 amide bonds. The molecular weight excluding hydrogens is 664 g/mol. The highest BCUT2D eigenvalue weighted by molar-refractivity contribution is 7.92. The van der Waals surface area contributed by atoms with E-state index in [0.29, 0.717) is 55.9 Å². The third kappa shape index (κ3) is 7.50. The number of nitrogens with one attached hydrogen (secondary N) is 1. The molecular formula is C37H47ClN4O6S. The van der Waals surface area contributed by atoms with E-state index in [4.69, 9.17) is 25.8 Å². The molecule has 4 bridgehead atoms. The number of hydrogen-bond acceptors (Lipinski definition) is 7. The van der Waals surface area contributed by atoms with Crippen molar-refractivity contribution in [1.82, 2.24) is 9.62 Å². The van der Waals surface area contributed by atoms with Crippen molar-refractivity contribution < 1.29 is 28.0 Å². The zero-order valence-corrected chi connectivity index (χ0v) is 29.9. The predicted octanol–water partition coefficient (Wildman–Crippen LogP) is 6.40. The summed E-state index contributed by atoms with van der Waals surface area (Å²) in [5.41, 5.74) is 3.50. The van der Waals surface area contributed by atoms with Crippen LogP contribution in [0, 0.1) is 17.8 Å². The third-order valence-corrected chi connectivity index (χ3v) is 13.0. The first kappa shape index (κ1) is 34.3. The van der Waals surface area contributed by atoms with Crippen LogP contribution in [-0.4, -0.2) is 78.5 Å². The fraction of sp³-hybridized carbons (Fsp3) is 0.568. The minimum Gasteiger partial charge on any atom is -0.491 e. The normalized spacial score (nSPS) is 32.4. The molecule has 264 valence electrons. The molecule has 0 spiro atoms. The van der Waals surface area contributed by atoms with Crippen molar-refractivity contribution in [2.45, 2.75) is 76.6 Å². The number of aryl methyl sites for hydroxylation is 1. The number of urea groups is 1. The number of benzene rings is 2. The van der Waals surface area contributed by atoms with Gasteiger partial charge >= 0.3 is 6.03 Å². The number of ether oxygens (including phenoxy) is 3. The Morgan fingerprint density at radius 2 is 1.94 bits per heavy atom. The second-order valence-corrected chi connectivity index (χ2v) is 16.8. The minimum atomic E-state index is -3.48. The van der Waals surface area contributed by atoms with Gasteiger partial charge < -0.3 is 24.0 Å². The summed E-state index contributed by atoms with van der Waals surface area (Å²) in [6.07, 6.45) is 10.5. The van der Waals surface area contributed by atoms with Crippen LogP contribution in [0.15, 0.2) is 52.9 Å². The number of hydrogen-bond donors (Lipinski definition) is 1. The number of amides is 3. The Balaban J connectivity index is 1.29. The highest BCUT2D eigenvalue weighted by Crippen LogP contribution is 2.42. The van der Waals surface area contributed by atoms with Gasteiger partial charge in [0.2, 0.25) is 0 Å². The maximum Gasteiger partial charge on any atom is 0.330 e. The standard InChI is InChI=1S/C37H47ClN4O6S/c1-24-6-5-8-34(46-2)32-13-10-28(32)20-41-19-27-9-12-29(38)16-25(27)7-3-4-15-48-35-14-11-26(17-33(35)41)36(43)39-49(45,23-24)40-37(44)42-30-18-31(42)22-47-21-30/h5,8-9,11-12,14,16-17,24,28,30-32,34H,3-4,6-7,10,13,15,18-23H2,1-2H3,(H,39,40,43,44,45)/b8-5+/t24-,28-,30?,31?,32+,34-,49-/m0/s1. The summed E-state index contributed by atoms with van der Waals surface area (Å²) in [6.45, 7) is 4.78. The predicted molar refractivity (Wildman–Crippen MR) is 190 cm³/mol. The number of carbonyl (C=O) groups excluding carboxylic acids is 2. The SMILES string of the molecule is CO[C@H]1/C=C/C[C@H](C)C[S@@](=O)(NC(=O)N2C3COCC2C3)=NC(=O)c2ccc3c(c2)N(Cc2ccc(Cl)cc2CCCCO3)C[C@@H]2CC[C@H]21. The third-order valence-electron chi connectivity index (χ3n) is 10.8.